The molecule has 0 atom stereocenters. The SMILES string of the molecule is CCCCC1=CCNC1=O. The molecule has 1 rings (SSSR count). The first-order valence-electron chi connectivity index (χ1n) is 3.82. The van der Waals surface area contributed by atoms with Gasteiger partial charge in [-0.2, -0.15) is 0 Å². The van der Waals surface area contributed by atoms with Crippen molar-refractivity contribution in [1.82, 2.24) is 5.32 Å². The average molecular weight is 139 g/mol. The zero-order valence-corrected chi connectivity index (χ0v) is 6.31. The predicted octanol–water partition coefficient (Wildman–Crippen LogP) is 1.23. The van der Waals surface area contributed by atoms with Crippen LogP contribution in [-0.4, -0.2) is 12.5 Å². The van der Waals surface area contributed by atoms with Crippen molar-refractivity contribution in [1.29, 1.82) is 0 Å². The fourth-order valence-electron chi connectivity index (χ4n) is 1.06. The van der Waals surface area contributed by atoms with Crippen LogP contribution in [0.1, 0.15) is 26.2 Å². The van der Waals surface area contributed by atoms with Crippen molar-refractivity contribution in [2.75, 3.05) is 6.54 Å². The largest absolute Gasteiger partial charge is 0.349 e. The summed E-state index contributed by atoms with van der Waals surface area (Å²) in [5.41, 5.74) is 0.974. The lowest BCUT2D eigenvalue weighted by Crippen LogP contribution is -2.17. The van der Waals surface area contributed by atoms with E-state index in [4.69, 9.17) is 0 Å². The maximum absolute atomic E-state index is 10.9. The molecule has 56 valence electrons. The highest BCUT2D eigenvalue weighted by Gasteiger charge is 2.12. The van der Waals surface area contributed by atoms with Crippen LogP contribution in [0.15, 0.2) is 11.6 Å². The van der Waals surface area contributed by atoms with Gasteiger partial charge in [-0.25, -0.2) is 0 Å². The van der Waals surface area contributed by atoms with E-state index < -0.39 is 0 Å². The molecule has 0 aromatic carbocycles. The third kappa shape index (κ3) is 1.59. The van der Waals surface area contributed by atoms with Crippen LogP contribution < -0.4 is 5.32 Å². The molecule has 0 aromatic heterocycles. The summed E-state index contributed by atoms with van der Waals surface area (Å²) >= 11 is 0. The topological polar surface area (TPSA) is 29.1 Å². The van der Waals surface area contributed by atoms with Gasteiger partial charge < -0.3 is 5.32 Å². The molecule has 0 radical (unpaired) electrons. The minimum atomic E-state index is 0.133. The van der Waals surface area contributed by atoms with Crippen LogP contribution in [0.5, 0.6) is 0 Å². The number of carbonyl (C=O) groups is 1. The number of nitrogens with one attached hydrogen (secondary N) is 1. The van der Waals surface area contributed by atoms with Crippen molar-refractivity contribution in [3.63, 3.8) is 0 Å². The molecule has 0 aliphatic carbocycles. The number of hydrogen-bond acceptors (Lipinski definition) is 1. The van der Waals surface area contributed by atoms with E-state index in [2.05, 4.69) is 12.2 Å². The Bertz CT molecular complexity index is 161. The highest BCUT2D eigenvalue weighted by Crippen LogP contribution is 2.09. The molecule has 0 fully saturated rings. The average Bonchev–Trinajstić information content (AvgIpc) is 2.31. The molecule has 0 unspecified atom stereocenters. The first-order chi connectivity index (χ1) is 4.84. The number of hydrogen-bond donors (Lipinski definition) is 1. The van der Waals surface area contributed by atoms with Crippen molar-refractivity contribution in [3.8, 4) is 0 Å². The maximum atomic E-state index is 10.9. The molecule has 2 nitrogen and oxygen atoms in total. The van der Waals surface area contributed by atoms with E-state index in [9.17, 15) is 4.79 Å². The molecular formula is C8H13NO. The molecule has 1 amide bonds. The third-order valence-corrected chi connectivity index (χ3v) is 1.70. The number of rotatable bonds is 3. The van der Waals surface area contributed by atoms with Crippen LogP contribution >= 0.6 is 0 Å². The summed E-state index contributed by atoms with van der Waals surface area (Å²) < 4.78 is 0. The van der Waals surface area contributed by atoms with Gasteiger partial charge >= 0.3 is 0 Å². The third-order valence-electron chi connectivity index (χ3n) is 1.70. The second kappa shape index (κ2) is 3.40. The Kier molecular flexibility index (Phi) is 2.49. The predicted molar refractivity (Wildman–Crippen MR) is 40.6 cm³/mol. The summed E-state index contributed by atoms with van der Waals surface area (Å²) in [6.45, 7) is 2.87. The molecule has 1 heterocycles. The second-order valence-corrected chi connectivity index (χ2v) is 2.54. The monoisotopic (exact) mass is 139 g/mol. The van der Waals surface area contributed by atoms with Gasteiger partial charge in [0, 0.05) is 12.1 Å². The molecular weight excluding hydrogens is 126 g/mol. The van der Waals surface area contributed by atoms with Gasteiger partial charge in [0.25, 0.3) is 0 Å². The van der Waals surface area contributed by atoms with Crippen LogP contribution in [-0.2, 0) is 4.79 Å². The first kappa shape index (κ1) is 7.32. The van der Waals surface area contributed by atoms with Crippen molar-refractivity contribution in [3.05, 3.63) is 11.6 Å². The Morgan fingerprint density at radius 3 is 3.00 bits per heavy atom. The lowest BCUT2D eigenvalue weighted by atomic mass is 10.1. The van der Waals surface area contributed by atoms with Crippen LogP contribution in [0.25, 0.3) is 0 Å². The van der Waals surface area contributed by atoms with Gasteiger partial charge in [0.1, 0.15) is 0 Å². The van der Waals surface area contributed by atoms with Crippen molar-refractivity contribution < 1.29 is 4.79 Å². The summed E-state index contributed by atoms with van der Waals surface area (Å²) in [4.78, 5) is 10.9. The summed E-state index contributed by atoms with van der Waals surface area (Å²) in [5.74, 6) is 0.133. The molecule has 0 aromatic rings. The smallest absolute Gasteiger partial charge is 0.247 e. The second-order valence-electron chi connectivity index (χ2n) is 2.54. The number of carbonyl (C=O) groups excluding carboxylic acids is 1. The molecule has 0 saturated carbocycles. The Morgan fingerprint density at radius 2 is 2.50 bits per heavy atom. The molecule has 0 saturated heterocycles. The van der Waals surface area contributed by atoms with Gasteiger partial charge in [0.05, 0.1) is 0 Å². The van der Waals surface area contributed by atoms with E-state index in [1.54, 1.807) is 0 Å². The van der Waals surface area contributed by atoms with E-state index in [1.807, 2.05) is 6.08 Å². The van der Waals surface area contributed by atoms with Gasteiger partial charge in [-0.1, -0.05) is 19.4 Å². The van der Waals surface area contributed by atoms with E-state index >= 15 is 0 Å². The minimum Gasteiger partial charge on any atom is -0.349 e. The van der Waals surface area contributed by atoms with Gasteiger partial charge in [0.15, 0.2) is 0 Å². The summed E-state index contributed by atoms with van der Waals surface area (Å²) in [5, 5.41) is 2.75. The lowest BCUT2D eigenvalue weighted by Gasteiger charge is -1.96. The zero-order valence-electron chi connectivity index (χ0n) is 6.31. The van der Waals surface area contributed by atoms with E-state index in [-0.39, 0.29) is 5.91 Å². The fraction of sp³-hybridized carbons (Fsp3) is 0.625. The first-order valence-corrected chi connectivity index (χ1v) is 3.82. The molecule has 1 N–H and O–H groups in total. The van der Waals surface area contributed by atoms with E-state index in [0.717, 1.165) is 31.4 Å². The van der Waals surface area contributed by atoms with Gasteiger partial charge in [-0.3, -0.25) is 4.79 Å². The number of unbranched alkanes of at least 4 members (excludes halogenated alkanes) is 1. The van der Waals surface area contributed by atoms with Gasteiger partial charge in [-0.05, 0) is 12.8 Å². The summed E-state index contributed by atoms with van der Waals surface area (Å²) in [6.07, 6.45) is 5.21. The van der Waals surface area contributed by atoms with Gasteiger partial charge in [-0.15, -0.1) is 0 Å². The Labute approximate surface area is 61.3 Å². The highest BCUT2D eigenvalue weighted by molar-refractivity contribution is 5.95. The Morgan fingerprint density at radius 1 is 1.70 bits per heavy atom. The zero-order chi connectivity index (χ0) is 7.40. The van der Waals surface area contributed by atoms with Crippen molar-refractivity contribution in [2.45, 2.75) is 26.2 Å². The van der Waals surface area contributed by atoms with Gasteiger partial charge in [0.2, 0.25) is 5.91 Å². The lowest BCUT2D eigenvalue weighted by molar-refractivity contribution is -0.116. The molecule has 1 aliphatic heterocycles. The molecule has 1 aliphatic rings. The van der Waals surface area contributed by atoms with Crippen LogP contribution in [0, 0.1) is 0 Å². The molecule has 0 spiro atoms. The number of amides is 1. The van der Waals surface area contributed by atoms with Crippen LogP contribution in [0.4, 0.5) is 0 Å². The Balaban J connectivity index is 2.33. The fourth-order valence-corrected chi connectivity index (χ4v) is 1.06. The molecule has 0 bridgehead atoms. The van der Waals surface area contributed by atoms with Crippen LogP contribution in [0.2, 0.25) is 0 Å². The van der Waals surface area contributed by atoms with Crippen molar-refractivity contribution >= 4 is 5.91 Å². The standard InChI is InChI=1S/C8H13NO/c1-2-3-4-7-5-6-9-8(7)10/h5H,2-4,6H2,1H3,(H,9,10). The Hall–Kier alpha value is -0.790. The molecule has 2 heteroatoms. The minimum absolute atomic E-state index is 0.133. The normalized spacial score (nSPS) is 16.9. The van der Waals surface area contributed by atoms with Crippen molar-refractivity contribution in [2.24, 2.45) is 0 Å². The van der Waals surface area contributed by atoms with E-state index in [1.165, 1.54) is 0 Å². The molecule has 10 heavy (non-hydrogen) atoms. The summed E-state index contributed by atoms with van der Waals surface area (Å²) in [7, 11) is 0. The summed E-state index contributed by atoms with van der Waals surface area (Å²) in [6, 6.07) is 0. The van der Waals surface area contributed by atoms with Crippen LogP contribution in [0.3, 0.4) is 0 Å². The quantitative estimate of drug-likeness (QED) is 0.626. The van der Waals surface area contributed by atoms with E-state index in [0.29, 0.717) is 0 Å². The maximum Gasteiger partial charge on any atom is 0.247 e. The highest BCUT2D eigenvalue weighted by atomic mass is 16.1.